The molecule has 0 heterocycles. The average Bonchev–Trinajstić information content (AvgIpc) is 2.52. The normalized spacial score (nSPS) is 10.4. The van der Waals surface area contributed by atoms with E-state index in [1.165, 1.54) is 61.1 Å². The number of hydrogen-bond acceptors (Lipinski definition) is 4. The second kappa shape index (κ2) is 6.94. The molecule has 0 saturated heterocycles. The van der Waals surface area contributed by atoms with Crippen molar-refractivity contribution >= 4 is 11.9 Å². The highest BCUT2D eigenvalue weighted by atomic mass is 16.5. The molecule has 0 bridgehead atoms. The van der Waals surface area contributed by atoms with E-state index in [0.29, 0.717) is 11.5 Å². The van der Waals surface area contributed by atoms with E-state index in [1.807, 2.05) is 0 Å². The molecule has 0 unspecified atom stereocenters. The SMILES string of the molecule is O=C(O)c1ccc(OC=COc2ccc(C(=O)O)cc2)cc1. The number of ether oxygens (including phenoxy) is 2. The van der Waals surface area contributed by atoms with Crippen LogP contribution < -0.4 is 9.47 Å². The maximum atomic E-state index is 10.7. The summed E-state index contributed by atoms with van der Waals surface area (Å²) < 4.78 is 10.5. The lowest BCUT2D eigenvalue weighted by Crippen LogP contribution is -1.95. The molecule has 0 saturated carbocycles. The van der Waals surface area contributed by atoms with Crippen LogP contribution in [-0.2, 0) is 0 Å². The van der Waals surface area contributed by atoms with Crippen molar-refractivity contribution in [2.24, 2.45) is 0 Å². The quantitative estimate of drug-likeness (QED) is 0.796. The molecular formula is C16H12O6. The topological polar surface area (TPSA) is 93.1 Å². The Hall–Kier alpha value is -3.28. The van der Waals surface area contributed by atoms with E-state index in [2.05, 4.69) is 0 Å². The molecule has 0 atom stereocenters. The molecule has 6 heteroatoms. The minimum Gasteiger partial charge on any atom is -0.478 e. The highest BCUT2D eigenvalue weighted by Gasteiger charge is 2.02. The maximum absolute atomic E-state index is 10.7. The Balaban J connectivity index is 1.87. The number of aromatic carboxylic acids is 2. The van der Waals surface area contributed by atoms with Gasteiger partial charge in [0.25, 0.3) is 0 Å². The predicted molar refractivity (Wildman–Crippen MR) is 77.2 cm³/mol. The van der Waals surface area contributed by atoms with Crippen LogP contribution in [0.2, 0.25) is 0 Å². The zero-order chi connectivity index (χ0) is 15.9. The fourth-order valence-corrected chi connectivity index (χ4v) is 1.56. The van der Waals surface area contributed by atoms with Crippen LogP contribution >= 0.6 is 0 Å². The summed E-state index contributed by atoms with van der Waals surface area (Å²) in [6.07, 6.45) is 2.59. The molecule has 0 amide bonds. The molecular weight excluding hydrogens is 288 g/mol. The molecule has 0 fully saturated rings. The van der Waals surface area contributed by atoms with Crippen LogP contribution in [0.25, 0.3) is 0 Å². The Kier molecular flexibility index (Phi) is 4.77. The first kappa shape index (κ1) is 15.1. The van der Waals surface area contributed by atoms with E-state index in [4.69, 9.17) is 19.7 Å². The van der Waals surface area contributed by atoms with Crippen LogP contribution in [0, 0.1) is 0 Å². The van der Waals surface area contributed by atoms with Crippen LogP contribution in [0.15, 0.2) is 61.1 Å². The van der Waals surface area contributed by atoms with E-state index < -0.39 is 11.9 Å². The number of carboxylic acids is 2. The molecule has 2 aromatic rings. The zero-order valence-corrected chi connectivity index (χ0v) is 11.3. The van der Waals surface area contributed by atoms with Crippen molar-refractivity contribution in [3.8, 4) is 11.5 Å². The van der Waals surface area contributed by atoms with Crippen LogP contribution in [0.5, 0.6) is 11.5 Å². The van der Waals surface area contributed by atoms with E-state index >= 15 is 0 Å². The van der Waals surface area contributed by atoms with Gasteiger partial charge in [0.2, 0.25) is 0 Å². The van der Waals surface area contributed by atoms with Gasteiger partial charge in [0.05, 0.1) is 11.1 Å². The lowest BCUT2D eigenvalue weighted by atomic mass is 10.2. The second-order valence-electron chi connectivity index (χ2n) is 4.17. The maximum Gasteiger partial charge on any atom is 0.335 e. The van der Waals surface area contributed by atoms with Gasteiger partial charge in [-0.25, -0.2) is 9.59 Å². The van der Waals surface area contributed by atoms with Gasteiger partial charge >= 0.3 is 11.9 Å². The van der Waals surface area contributed by atoms with Crippen molar-refractivity contribution in [3.63, 3.8) is 0 Å². The number of hydrogen-bond donors (Lipinski definition) is 2. The summed E-state index contributed by atoms with van der Waals surface area (Å²) in [6.45, 7) is 0. The third kappa shape index (κ3) is 4.11. The van der Waals surface area contributed by atoms with Gasteiger partial charge in [-0.3, -0.25) is 0 Å². The largest absolute Gasteiger partial charge is 0.478 e. The smallest absolute Gasteiger partial charge is 0.335 e. The predicted octanol–water partition coefficient (Wildman–Crippen LogP) is 3.01. The fraction of sp³-hybridized carbons (Fsp3) is 0. The molecule has 6 nitrogen and oxygen atoms in total. The molecule has 112 valence electrons. The van der Waals surface area contributed by atoms with Crippen LogP contribution in [0.3, 0.4) is 0 Å². The molecule has 0 aliphatic rings. The molecule has 0 radical (unpaired) electrons. The minimum atomic E-state index is -1.00. The third-order valence-electron chi connectivity index (χ3n) is 2.67. The van der Waals surface area contributed by atoms with Crippen molar-refractivity contribution in [1.29, 1.82) is 0 Å². The zero-order valence-electron chi connectivity index (χ0n) is 11.3. The summed E-state index contributed by atoms with van der Waals surface area (Å²) in [6, 6.07) is 11.8. The van der Waals surface area contributed by atoms with E-state index in [1.54, 1.807) is 0 Å². The number of carboxylic acid groups (broad SMARTS) is 2. The first-order valence-corrected chi connectivity index (χ1v) is 6.21. The molecule has 0 aliphatic heterocycles. The monoisotopic (exact) mass is 300 g/mol. The summed E-state index contributed by atoms with van der Waals surface area (Å²) >= 11 is 0. The molecule has 22 heavy (non-hydrogen) atoms. The Morgan fingerprint density at radius 3 is 1.27 bits per heavy atom. The lowest BCUT2D eigenvalue weighted by Gasteiger charge is -2.02. The van der Waals surface area contributed by atoms with E-state index in [9.17, 15) is 9.59 Å². The molecule has 2 aromatic carbocycles. The van der Waals surface area contributed by atoms with Gasteiger partial charge in [0.15, 0.2) is 0 Å². The van der Waals surface area contributed by atoms with Crippen molar-refractivity contribution in [2.45, 2.75) is 0 Å². The Morgan fingerprint density at radius 1 is 0.682 bits per heavy atom. The van der Waals surface area contributed by atoms with Gasteiger partial charge in [-0.15, -0.1) is 0 Å². The number of benzene rings is 2. The second-order valence-corrected chi connectivity index (χ2v) is 4.17. The highest BCUT2D eigenvalue weighted by Crippen LogP contribution is 2.14. The first-order chi connectivity index (χ1) is 10.6. The van der Waals surface area contributed by atoms with Gasteiger partial charge < -0.3 is 19.7 Å². The first-order valence-electron chi connectivity index (χ1n) is 6.21. The Bertz CT molecular complexity index is 624. The van der Waals surface area contributed by atoms with Crippen molar-refractivity contribution < 1.29 is 29.3 Å². The highest BCUT2D eigenvalue weighted by molar-refractivity contribution is 5.88. The standard InChI is InChI=1S/C16H12O6/c17-15(18)11-1-5-13(6-2-11)21-9-10-22-14-7-3-12(4-8-14)16(19)20/h1-10H,(H,17,18)(H,19,20). The van der Waals surface area contributed by atoms with Crippen LogP contribution in [0.1, 0.15) is 20.7 Å². The summed E-state index contributed by atoms with van der Waals surface area (Å²) in [5.74, 6) is -1.08. The Labute approximate surface area is 125 Å². The summed E-state index contributed by atoms with van der Waals surface area (Å²) in [7, 11) is 0. The number of carbonyl (C=O) groups is 2. The number of rotatable bonds is 6. The van der Waals surface area contributed by atoms with Gasteiger partial charge in [-0.1, -0.05) is 0 Å². The van der Waals surface area contributed by atoms with Gasteiger partial charge in [-0.05, 0) is 48.5 Å². The van der Waals surface area contributed by atoms with Crippen molar-refractivity contribution in [2.75, 3.05) is 0 Å². The van der Waals surface area contributed by atoms with Gasteiger partial charge in [-0.2, -0.15) is 0 Å². The van der Waals surface area contributed by atoms with Crippen LogP contribution in [-0.4, -0.2) is 22.2 Å². The molecule has 2 rings (SSSR count). The molecule has 0 aliphatic carbocycles. The fourth-order valence-electron chi connectivity index (χ4n) is 1.56. The van der Waals surface area contributed by atoms with E-state index in [-0.39, 0.29) is 11.1 Å². The summed E-state index contributed by atoms with van der Waals surface area (Å²) in [5.41, 5.74) is 0.345. The average molecular weight is 300 g/mol. The molecule has 0 aromatic heterocycles. The van der Waals surface area contributed by atoms with E-state index in [0.717, 1.165) is 0 Å². The Morgan fingerprint density at radius 2 is 1.00 bits per heavy atom. The third-order valence-corrected chi connectivity index (χ3v) is 2.67. The lowest BCUT2D eigenvalue weighted by molar-refractivity contribution is 0.0686. The molecule has 0 spiro atoms. The van der Waals surface area contributed by atoms with Gasteiger partial charge in [0, 0.05) is 0 Å². The van der Waals surface area contributed by atoms with Crippen molar-refractivity contribution in [1.82, 2.24) is 0 Å². The summed E-state index contributed by atoms with van der Waals surface area (Å²) in [5, 5.41) is 17.5. The van der Waals surface area contributed by atoms with Crippen LogP contribution in [0.4, 0.5) is 0 Å². The minimum absolute atomic E-state index is 0.172. The van der Waals surface area contributed by atoms with Crippen molar-refractivity contribution in [3.05, 3.63) is 72.2 Å². The molecule has 2 N–H and O–H groups in total. The van der Waals surface area contributed by atoms with Gasteiger partial charge in [0.1, 0.15) is 24.0 Å². The summed E-state index contributed by atoms with van der Waals surface area (Å²) in [4.78, 5) is 21.4.